The SMILES string of the molecule is CCC[C@@H](C)NC(=O)CN(CCc1ccccc1)S(=O)(=O)c1ccc(Cl)cc1. The van der Waals surface area contributed by atoms with Crippen molar-refractivity contribution in [2.75, 3.05) is 13.1 Å². The Bertz CT molecular complexity index is 855. The number of sulfonamides is 1. The highest BCUT2D eigenvalue weighted by Gasteiger charge is 2.26. The van der Waals surface area contributed by atoms with Gasteiger partial charge >= 0.3 is 0 Å². The minimum Gasteiger partial charge on any atom is -0.353 e. The molecule has 7 heteroatoms. The van der Waals surface area contributed by atoms with Gasteiger partial charge in [-0.1, -0.05) is 55.3 Å². The second-order valence-electron chi connectivity index (χ2n) is 6.79. The molecule has 5 nitrogen and oxygen atoms in total. The van der Waals surface area contributed by atoms with Gasteiger partial charge in [-0.25, -0.2) is 8.42 Å². The Balaban J connectivity index is 2.19. The van der Waals surface area contributed by atoms with Crippen LogP contribution in [0.3, 0.4) is 0 Å². The van der Waals surface area contributed by atoms with Crippen LogP contribution in [0, 0.1) is 0 Å². The van der Waals surface area contributed by atoms with Crippen LogP contribution in [0.15, 0.2) is 59.5 Å². The standard InChI is InChI=1S/C21H27ClN2O3S/c1-3-7-17(2)23-21(25)16-24(15-14-18-8-5-4-6-9-18)28(26,27)20-12-10-19(22)11-13-20/h4-6,8-13,17H,3,7,14-16H2,1-2H3,(H,23,25)/t17-/m1/s1. The summed E-state index contributed by atoms with van der Waals surface area (Å²) >= 11 is 5.88. The van der Waals surface area contributed by atoms with Crippen LogP contribution in [0.2, 0.25) is 5.02 Å². The maximum atomic E-state index is 13.1. The van der Waals surface area contributed by atoms with Gasteiger partial charge in [0, 0.05) is 17.6 Å². The normalized spacial score (nSPS) is 12.7. The van der Waals surface area contributed by atoms with E-state index in [9.17, 15) is 13.2 Å². The third kappa shape index (κ3) is 6.62. The van der Waals surface area contributed by atoms with Crippen molar-refractivity contribution in [3.63, 3.8) is 0 Å². The number of carbonyl (C=O) groups is 1. The second-order valence-corrected chi connectivity index (χ2v) is 9.16. The minimum atomic E-state index is -3.82. The van der Waals surface area contributed by atoms with Gasteiger partial charge in [0.1, 0.15) is 0 Å². The van der Waals surface area contributed by atoms with Crippen LogP contribution < -0.4 is 5.32 Å². The molecule has 0 aromatic heterocycles. The molecule has 1 atom stereocenters. The summed E-state index contributed by atoms with van der Waals surface area (Å²) in [6, 6.07) is 15.6. The van der Waals surface area contributed by atoms with Crippen molar-refractivity contribution in [3.05, 3.63) is 65.2 Å². The third-order valence-corrected chi connectivity index (χ3v) is 6.50. The van der Waals surface area contributed by atoms with Gasteiger partial charge in [-0.15, -0.1) is 0 Å². The summed E-state index contributed by atoms with van der Waals surface area (Å²) in [6.45, 7) is 3.96. The lowest BCUT2D eigenvalue weighted by atomic mass is 10.1. The summed E-state index contributed by atoms with van der Waals surface area (Å²) in [6.07, 6.45) is 2.31. The minimum absolute atomic E-state index is 0.00621. The van der Waals surface area contributed by atoms with Gasteiger partial charge in [-0.05, 0) is 49.6 Å². The molecule has 0 heterocycles. The van der Waals surface area contributed by atoms with Gasteiger partial charge in [0.2, 0.25) is 15.9 Å². The molecule has 2 aromatic rings. The zero-order valence-corrected chi connectivity index (χ0v) is 17.8. The lowest BCUT2D eigenvalue weighted by Crippen LogP contribution is -2.44. The molecule has 0 spiro atoms. The number of nitrogens with zero attached hydrogens (tertiary/aromatic N) is 1. The van der Waals surface area contributed by atoms with E-state index in [1.54, 1.807) is 0 Å². The number of carbonyl (C=O) groups excluding carboxylic acids is 1. The van der Waals surface area contributed by atoms with Crippen molar-refractivity contribution in [1.82, 2.24) is 9.62 Å². The number of hydrogen-bond acceptors (Lipinski definition) is 3. The van der Waals surface area contributed by atoms with Crippen LogP contribution in [0.5, 0.6) is 0 Å². The van der Waals surface area contributed by atoms with E-state index in [4.69, 9.17) is 11.6 Å². The lowest BCUT2D eigenvalue weighted by molar-refractivity contribution is -0.121. The van der Waals surface area contributed by atoms with Crippen molar-refractivity contribution in [2.45, 2.75) is 44.0 Å². The summed E-state index contributed by atoms with van der Waals surface area (Å²) < 4.78 is 27.5. The molecule has 0 bridgehead atoms. The highest BCUT2D eigenvalue weighted by molar-refractivity contribution is 7.89. The Labute approximate surface area is 172 Å². The third-order valence-electron chi connectivity index (χ3n) is 4.39. The predicted octanol–water partition coefficient (Wildman–Crippen LogP) is 3.88. The van der Waals surface area contributed by atoms with Gasteiger partial charge in [0.15, 0.2) is 0 Å². The Morgan fingerprint density at radius 2 is 1.75 bits per heavy atom. The van der Waals surface area contributed by atoms with Gasteiger partial charge in [-0.2, -0.15) is 4.31 Å². The van der Waals surface area contributed by atoms with Crippen LogP contribution in [0.25, 0.3) is 0 Å². The average molecular weight is 423 g/mol. The van der Waals surface area contributed by atoms with Crippen molar-refractivity contribution in [2.24, 2.45) is 0 Å². The fourth-order valence-electron chi connectivity index (χ4n) is 2.92. The molecule has 1 amide bonds. The summed E-state index contributed by atoms with van der Waals surface area (Å²) in [5, 5.41) is 3.34. The summed E-state index contributed by atoms with van der Waals surface area (Å²) in [5.74, 6) is -0.299. The highest BCUT2D eigenvalue weighted by Crippen LogP contribution is 2.19. The van der Waals surface area contributed by atoms with Crippen LogP contribution in [0.4, 0.5) is 0 Å². The van der Waals surface area contributed by atoms with Crippen LogP contribution in [-0.2, 0) is 21.2 Å². The first-order valence-corrected chi connectivity index (χ1v) is 11.2. The molecule has 2 aromatic carbocycles. The topological polar surface area (TPSA) is 66.5 Å². The number of halogens is 1. The molecule has 0 aliphatic heterocycles. The van der Waals surface area contributed by atoms with Gasteiger partial charge in [0.05, 0.1) is 11.4 Å². The maximum absolute atomic E-state index is 13.1. The Morgan fingerprint density at radius 3 is 2.36 bits per heavy atom. The van der Waals surface area contributed by atoms with E-state index in [1.165, 1.54) is 28.6 Å². The highest BCUT2D eigenvalue weighted by atomic mass is 35.5. The van der Waals surface area contributed by atoms with Crippen molar-refractivity contribution in [3.8, 4) is 0 Å². The molecule has 0 saturated carbocycles. The Morgan fingerprint density at radius 1 is 1.11 bits per heavy atom. The van der Waals surface area contributed by atoms with Crippen molar-refractivity contribution >= 4 is 27.5 Å². The van der Waals surface area contributed by atoms with Crippen molar-refractivity contribution in [1.29, 1.82) is 0 Å². The molecule has 0 unspecified atom stereocenters. The fourth-order valence-corrected chi connectivity index (χ4v) is 4.45. The van der Waals surface area contributed by atoms with Crippen LogP contribution in [0.1, 0.15) is 32.3 Å². The summed E-state index contributed by atoms with van der Waals surface area (Å²) in [4.78, 5) is 12.6. The van der Waals surface area contributed by atoms with Crippen LogP contribution in [-0.4, -0.2) is 37.8 Å². The molecule has 0 saturated heterocycles. The van der Waals surface area contributed by atoms with E-state index in [2.05, 4.69) is 5.32 Å². The first kappa shape index (κ1) is 22.4. The number of benzene rings is 2. The van der Waals surface area contributed by atoms with E-state index in [0.717, 1.165) is 18.4 Å². The van der Waals surface area contributed by atoms with E-state index in [1.807, 2.05) is 44.2 Å². The number of nitrogens with one attached hydrogen (secondary N) is 1. The van der Waals surface area contributed by atoms with Crippen LogP contribution >= 0.6 is 11.6 Å². The fraction of sp³-hybridized carbons (Fsp3) is 0.381. The van der Waals surface area contributed by atoms with Gasteiger partial charge in [0.25, 0.3) is 0 Å². The average Bonchev–Trinajstić information content (AvgIpc) is 2.66. The summed E-state index contributed by atoms with van der Waals surface area (Å²) in [7, 11) is -3.82. The van der Waals surface area contributed by atoms with Gasteiger partial charge in [-0.3, -0.25) is 4.79 Å². The quantitative estimate of drug-likeness (QED) is 0.631. The zero-order chi connectivity index (χ0) is 20.6. The predicted molar refractivity (Wildman–Crippen MR) is 113 cm³/mol. The molecule has 28 heavy (non-hydrogen) atoms. The van der Waals surface area contributed by atoms with E-state index >= 15 is 0 Å². The molecule has 0 aliphatic carbocycles. The lowest BCUT2D eigenvalue weighted by Gasteiger charge is -2.23. The molecule has 1 N–H and O–H groups in total. The van der Waals surface area contributed by atoms with E-state index in [0.29, 0.717) is 11.4 Å². The molecule has 2 rings (SSSR count). The molecule has 152 valence electrons. The van der Waals surface area contributed by atoms with Crippen molar-refractivity contribution < 1.29 is 13.2 Å². The smallest absolute Gasteiger partial charge is 0.243 e. The van der Waals surface area contributed by atoms with Gasteiger partial charge < -0.3 is 5.32 Å². The Kier molecular flexibility index (Phi) is 8.48. The number of amides is 1. The molecular weight excluding hydrogens is 396 g/mol. The maximum Gasteiger partial charge on any atom is 0.243 e. The van der Waals surface area contributed by atoms with E-state index < -0.39 is 10.0 Å². The second kappa shape index (κ2) is 10.6. The molecule has 0 fully saturated rings. The molecule has 0 radical (unpaired) electrons. The molecular formula is C21H27ClN2O3S. The largest absolute Gasteiger partial charge is 0.353 e. The number of hydrogen-bond donors (Lipinski definition) is 1. The number of rotatable bonds is 10. The first-order valence-electron chi connectivity index (χ1n) is 9.42. The monoisotopic (exact) mass is 422 g/mol. The zero-order valence-electron chi connectivity index (χ0n) is 16.3. The molecule has 0 aliphatic rings. The first-order chi connectivity index (χ1) is 13.3. The van der Waals surface area contributed by atoms with E-state index in [-0.39, 0.29) is 29.9 Å². The Hall–Kier alpha value is -1.89. The summed E-state index contributed by atoms with van der Waals surface area (Å²) in [5.41, 5.74) is 1.01.